The average molecular weight is 666 g/mol. The topological polar surface area (TPSA) is 136 Å². The summed E-state index contributed by atoms with van der Waals surface area (Å²) >= 11 is 0. The Bertz CT molecular complexity index is 1640. The van der Waals surface area contributed by atoms with Gasteiger partial charge in [-0.05, 0) is 49.7 Å². The summed E-state index contributed by atoms with van der Waals surface area (Å²) in [5.41, 5.74) is 7.27. The molecule has 1 saturated carbocycles. The molecule has 46 heavy (non-hydrogen) atoms. The smallest absolute Gasteiger partial charge is 0.253 e. The Labute approximate surface area is 267 Å². The van der Waals surface area contributed by atoms with Crippen molar-refractivity contribution in [1.29, 1.82) is 0 Å². The number of benzene rings is 1. The highest BCUT2D eigenvalue weighted by Gasteiger charge is 2.43. The Hall–Kier alpha value is -3.10. The van der Waals surface area contributed by atoms with E-state index in [2.05, 4.69) is 10.6 Å². The Morgan fingerprint density at radius 1 is 1.07 bits per heavy atom. The van der Waals surface area contributed by atoms with Gasteiger partial charge in [-0.25, -0.2) is 21.6 Å². The zero-order valence-electron chi connectivity index (χ0n) is 26.3. The van der Waals surface area contributed by atoms with Crippen molar-refractivity contribution in [3.63, 3.8) is 0 Å². The second kappa shape index (κ2) is 12.2. The summed E-state index contributed by atoms with van der Waals surface area (Å²) in [5.74, 6) is -4.62. The number of likely N-dealkylation sites (tertiary alicyclic amines) is 1. The number of carbonyl (C=O) groups is 2. The Morgan fingerprint density at radius 2 is 1.76 bits per heavy atom. The van der Waals surface area contributed by atoms with E-state index in [1.54, 1.807) is 10.6 Å². The van der Waals surface area contributed by atoms with E-state index < -0.39 is 32.9 Å². The number of nitrogens with two attached hydrogens (primary N) is 1. The maximum Gasteiger partial charge on any atom is 0.253 e. The van der Waals surface area contributed by atoms with Gasteiger partial charge in [0.05, 0.1) is 46.5 Å². The Morgan fingerprint density at radius 3 is 2.43 bits per heavy atom. The predicted molar refractivity (Wildman–Crippen MR) is 165 cm³/mol. The van der Waals surface area contributed by atoms with Gasteiger partial charge >= 0.3 is 0 Å². The third kappa shape index (κ3) is 6.52. The number of nitrogens with zero attached hydrogens (tertiary/aromatic N) is 2. The summed E-state index contributed by atoms with van der Waals surface area (Å²) in [4.78, 5) is 27.4. The van der Waals surface area contributed by atoms with E-state index in [-0.39, 0.29) is 65.8 Å². The SMILES string of the molecule is CC1(C)Cc2c(c3c(n2-c2cc(F)c(C(N)=O)c(NC4CCC(C(=O)NCCN5CCC(F)(F)CC5)CC4)c2)COC3)S(=O)(=O)C1. The van der Waals surface area contributed by atoms with E-state index >= 15 is 4.39 Å². The standard InChI is InChI=1S/C32H42F3N5O5S/c1-31(2)15-25-28(46(43,44)18-31)22-16-45-17-26(22)40(25)21-13-23(33)27(29(36)41)24(14-21)38-20-5-3-19(4-6-20)30(42)37-9-12-39-10-7-32(34,35)8-11-39/h13-14,19-20,38H,3-12,15-18H2,1-2H3,(H2,36,41)(H,37,42). The number of amides is 2. The number of aromatic nitrogens is 1. The molecule has 3 aliphatic heterocycles. The normalized spacial score (nSPS) is 25.0. The van der Waals surface area contributed by atoms with Crippen LogP contribution in [0, 0.1) is 17.2 Å². The minimum Gasteiger partial charge on any atom is -0.382 e. The molecular formula is C32H42F3N5O5S. The maximum atomic E-state index is 15.7. The predicted octanol–water partition coefficient (Wildman–Crippen LogP) is 3.92. The number of hydrogen-bond donors (Lipinski definition) is 3. The van der Waals surface area contributed by atoms with Gasteiger partial charge in [0.2, 0.25) is 5.91 Å². The quantitative estimate of drug-likeness (QED) is 0.389. The lowest BCUT2D eigenvalue weighted by Gasteiger charge is -2.32. The maximum absolute atomic E-state index is 15.7. The lowest BCUT2D eigenvalue weighted by atomic mass is 9.85. The van der Waals surface area contributed by atoms with Crippen molar-refractivity contribution in [2.24, 2.45) is 17.1 Å². The molecule has 1 aromatic carbocycles. The van der Waals surface area contributed by atoms with Crippen LogP contribution in [0.4, 0.5) is 18.9 Å². The second-order valence-corrected chi connectivity index (χ2v) is 16.0. The van der Waals surface area contributed by atoms with Crippen LogP contribution in [0.1, 0.15) is 79.7 Å². The molecule has 4 N–H and O–H groups in total. The number of sulfone groups is 1. The van der Waals surface area contributed by atoms with E-state index in [0.717, 1.165) is 0 Å². The third-order valence-corrected chi connectivity index (χ3v) is 12.1. The highest BCUT2D eigenvalue weighted by molar-refractivity contribution is 7.91. The summed E-state index contributed by atoms with van der Waals surface area (Å²) in [6, 6.07) is 2.71. The van der Waals surface area contributed by atoms with Crippen LogP contribution >= 0.6 is 0 Å². The zero-order valence-corrected chi connectivity index (χ0v) is 27.1. The number of halogens is 3. The molecule has 4 heterocycles. The van der Waals surface area contributed by atoms with Crippen LogP contribution in [0.5, 0.6) is 0 Å². The van der Waals surface area contributed by atoms with Gasteiger partial charge in [-0.2, -0.15) is 0 Å². The van der Waals surface area contributed by atoms with E-state index in [1.165, 1.54) is 6.07 Å². The van der Waals surface area contributed by atoms with Crippen LogP contribution < -0.4 is 16.4 Å². The first-order valence-corrected chi connectivity index (χ1v) is 17.6. The number of rotatable bonds is 8. The molecule has 10 nitrogen and oxygen atoms in total. The number of ether oxygens (including phenoxy) is 1. The minimum absolute atomic E-state index is 0.00583. The molecule has 2 fully saturated rings. The van der Waals surface area contributed by atoms with Crippen molar-refractivity contribution >= 4 is 27.3 Å². The third-order valence-electron chi connectivity index (χ3n) is 9.80. The van der Waals surface area contributed by atoms with Crippen LogP contribution in [0.2, 0.25) is 0 Å². The fourth-order valence-electron chi connectivity index (χ4n) is 7.57. The van der Waals surface area contributed by atoms with E-state index in [0.29, 0.717) is 80.9 Å². The first-order chi connectivity index (χ1) is 21.6. The monoisotopic (exact) mass is 665 g/mol. The number of carbonyl (C=O) groups excluding carboxylic acids is 2. The zero-order chi connectivity index (χ0) is 33.0. The molecule has 0 unspecified atom stereocenters. The fourth-order valence-corrected chi connectivity index (χ4v) is 9.92. The first-order valence-electron chi connectivity index (χ1n) is 16.0. The molecule has 0 spiro atoms. The molecular weight excluding hydrogens is 623 g/mol. The summed E-state index contributed by atoms with van der Waals surface area (Å²) in [6.07, 6.45) is 2.50. The number of primary amides is 1. The molecule has 6 rings (SSSR count). The van der Waals surface area contributed by atoms with Gasteiger partial charge in [0, 0.05) is 62.2 Å². The van der Waals surface area contributed by atoms with Crippen molar-refractivity contribution in [1.82, 2.24) is 14.8 Å². The van der Waals surface area contributed by atoms with Crippen molar-refractivity contribution in [3.05, 3.63) is 40.5 Å². The number of hydrogen-bond acceptors (Lipinski definition) is 7. The van der Waals surface area contributed by atoms with Gasteiger partial charge in [0.15, 0.2) is 9.84 Å². The van der Waals surface area contributed by atoms with Crippen LogP contribution in [-0.2, 0) is 39.0 Å². The van der Waals surface area contributed by atoms with Crippen molar-refractivity contribution in [2.75, 3.05) is 37.2 Å². The number of anilines is 1. The molecule has 4 aliphatic rings. The van der Waals surface area contributed by atoms with Crippen molar-refractivity contribution < 1.29 is 35.9 Å². The number of nitrogens with one attached hydrogen (secondary N) is 2. The number of piperidine rings is 1. The molecule has 2 aromatic rings. The van der Waals surface area contributed by atoms with Crippen LogP contribution in [-0.4, -0.2) is 73.6 Å². The largest absolute Gasteiger partial charge is 0.382 e. The van der Waals surface area contributed by atoms with Gasteiger partial charge < -0.3 is 30.6 Å². The fraction of sp³-hybridized carbons (Fsp3) is 0.625. The Kier molecular flexibility index (Phi) is 8.68. The molecule has 1 saturated heterocycles. The van der Waals surface area contributed by atoms with Crippen molar-refractivity contribution in [2.45, 2.75) is 88.9 Å². The molecule has 14 heteroatoms. The van der Waals surface area contributed by atoms with Gasteiger partial charge in [-0.1, -0.05) is 13.8 Å². The summed E-state index contributed by atoms with van der Waals surface area (Å²) in [7, 11) is -3.60. The average Bonchev–Trinajstić information content (AvgIpc) is 3.53. The molecule has 1 aromatic heterocycles. The number of fused-ring (bicyclic) bond motifs is 3. The van der Waals surface area contributed by atoms with Crippen LogP contribution in [0.3, 0.4) is 0 Å². The molecule has 0 bridgehead atoms. The molecule has 252 valence electrons. The Balaban J connectivity index is 1.16. The van der Waals surface area contributed by atoms with Crippen LogP contribution in [0.15, 0.2) is 17.0 Å². The summed E-state index contributed by atoms with van der Waals surface area (Å²) < 4.78 is 76.6. The van der Waals surface area contributed by atoms with E-state index in [1.807, 2.05) is 18.7 Å². The highest BCUT2D eigenvalue weighted by atomic mass is 32.2. The molecule has 1 aliphatic carbocycles. The van der Waals surface area contributed by atoms with Crippen molar-refractivity contribution in [3.8, 4) is 5.69 Å². The van der Waals surface area contributed by atoms with Gasteiger partial charge in [-0.3, -0.25) is 9.59 Å². The molecule has 0 radical (unpaired) electrons. The lowest BCUT2D eigenvalue weighted by Crippen LogP contribution is -2.44. The molecule has 2 amide bonds. The second-order valence-electron chi connectivity index (χ2n) is 14.0. The van der Waals surface area contributed by atoms with Crippen LogP contribution in [0.25, 0.3) is 5.69 Å². The molecule has 0 atom stereocenters. The number of alkyl halides is 2. The van der Waals surface area contributed by atoms with E-state index in [9.17, 15) is 26.8 Å². The van der Waals surface area contributed by atoms with Gasteiger partial charge in [-0.15, -0.1) is 0 Å². The minimum atomic E-state index is -3.60. The highest BCUT2D eigenvalue weighted by Crippen LogP contribution is 2.44. The summed E-state index contributed by atoms with van der Waals surface area (Å²) in [5, 5.41) is 6.24. The van der Waals surface area contributed by atoms with Gasteiger partial charge in [0.1, 0.15) is 5.82 Å². The first kappa shape index (κ1) is 32.8. The van der Waals surface area contributed by atoms with E-state index in [4.69, 9.17) is 10.5 Å². The summed E-state index contributed by atoms with van der Waals surface area (Å²) in [6.45, 7) is 5.68. The lowest BCUT2D eigenvalue weighted by molar-refractivity contribution is -0.126. The van der Waals surface area contributed by atoms with Gasteiger partial charge in [0.25, 0.3) is 11.8 Å².